The van der Waals surface area contributed by atoms with Crippen molar-refractivity contribution in [3.8, 4) is 0 Å². The van der Waals surface area contributed by atoms with Crippen LogP contribution in [0.3, 0.4) is 0 Å². The van der Waals surface area contributed by atoms with Gasteiger partial charge in [-0.1, -0.05) is 23.2 Å². The molecule has 15 heavy (non-hydrogen) atoms. The lowest BCUT2D eigenvalue weighted by Gasteiger charge is -2.02. The first-order valence-electron chi connectivity index (χ1n) is 4.33. The number of carbonyl (C=O) groups excluding carboxylic acids is 1. The third-order valence-corrected chi connectivity index (χ3v) is 1.53. The van der Waals surface area contributed by atoms with Crippen molar-refractivity contribution < 1.29 is 15.6 Å². The molecule has 1 rings (SSSR count). The van der Waals surface area contributed by atoms with Gasteiger partial charge in [0.05, 0.1) is 12.0 Å². The number of quaternary nitrogens is 1. The van der Waals surface area contributed by atoms with Crippen LogP contribution in [0.25, 0.3) is 0 Å². The third-order valence-electron chi connectivity index (χ3n) is 1.10. The fourth-order valence-electron chi connectivity index (χ4n) is 0.672. The Hall–Kier alpha value is -0.770. The molecule has 0 aromatic heterocycles. The summed E-state index contributed by atoms with van der Waals surface area (Å²) >= 11 is 11.0. The van der Waals surface area contributed by atoms with Gasteiger partial charge in [0.15, 0.2) is 0 Å². The average Bonchev–Trinajstić information content (AvgIpc) is 2.00. The summed E-state index contributed by atoms with van der Waals surface area (Å²) in [6.45, 7) is 4.11. The molecule has 0 amide bonds. The molecular formula is C10H13Cl2NO2. The highest BCUT2D eigenvalue weighted by atomic mass is 35.5. The Balaban J connectivity index is 0.000000423. The molecule has 84 valence electrons. The van der Waals surface area contributed by atoms with Crippen molar-refractivity contribution in [1.82, 2.24) is 0 Å². The molecule has 0 saturated carbocycles. The van der Waals surface area contributed by atoms with E-state index in [-0.39, 0.29) is 15.6 Å². The predicted octanol–water partition coefficient (Wildman–Crippen LogP) is 0.994. The number of rotatable bonds is 1. The number of aromatic carboxylic acids is 1. The van der Waals surface area contributed by atoms with Crippen molar-refractivity contribution in [1.29, 1.82) is 0 Å². The second kappa shape index (κ2) is 6.67. The first-order valence-corrected chi connectivity index (χ1v) is 5.09. The third kappa shape index (κ3) is 7.19. The SMILES string of the molecule is CC(C)[NH3+].O=C([O-])c1cc(Cl)cc(Cl)c1. The zero-order valence-electron chi connectivity index (χ0n) is 8.59. The largest absolute Gasteiger partial charge is 0.545 e. The normalized spacial score (nSPS) is 9.47. The molecule has 0 aliphatic heterocycles. The molecule has 5 heteroatoms. The Morgan fingerprint density at radius 2 is 1.60 bits per heavy atom. The van der Waals surface area contributed by atoms with E-state index in [2.05, 4.69) is 19.6 Å². The number of carbonyl (C=O) groups is 1. The Labute approximate surface area is 98.8 Å². The molecule has 0 bridgehead atoms. The molecular weight excluding hydrogens is 237 g/mol. The molecule has 0 radical (unpaired) electrons. The van der Waals surface area contributed by atoms with E-state index in [1.54, 1.807) is 0 Å². The Morgan fingerprint density at radius 1 is 1.27 bits per heavy atom. The molecule has 3 nitrogen and oxygen atoms in total. The number of carboxylic acids is 1. The monoisotopic (exact) mass is 249 g/mol. The molecule has 0 spiro atoms. The Morgan fingerprint density at radius 3 is 1.87 bits per heavy atom. The van der Waals surface area contributed by atoms with Crippen LogP contribution in [0.15, 0.2) is 18.2 Å². The van der Waals surface area contributed by atoms with Gasteiger partial charge in [-0.15, -0.1) is 0 Å². The van der Waals surface area contributed by atoms with Gasteiger partial charge in [-0.25, -0.2) is 0 Å². The fraction of sp³-hybridized carbons (Fsp3) is 0.300. The topological polar surface area (TPSA) is 67.8 Å². The van der Waals surface area contributed by atoms with Gasteiger partial charge in [0.2, 0.25) is 0 Å². The second-order valence-corrected chi connectivity index (χ2v) is 4.21. The quantitative estimate of drug-likeness (QED) is 0.807. The number of hydrogen-bond donors (Lipinski definition) is 1. The average molecular weight is 250 g/mol. The summed E-state index contributed by atoms with van der Waals surface area (Å²) < 4.78 is 0. The molecule has 1 aromatic carbocycles. The van der Waals surface area contributed by atoms with E-state index in [4.69, 9.17) is 23.2 Å². The first kappa shape index (κ1) is 14.2. The van der Waals surface area contributed by atoms with E-state index in [9.17, 15) is 9.90 Å². The fourth-order valence-corrected chi connectivity index (χ4v) is 1.20. The standard InChI is InChI=1S/C7H4Cl2O2.C3H9N/c8-5-1-4(7(10)11)2-6(9)3-5;1-3(2)4/h1-3H,(H,10,11);3H,4H2,1-2H3. The van der Waals surface area contributed by atoms with Gasteiger partial charge >= 0.3 is 0 Å². The van der Waals surface area contributed by atoms with Crippen molar-refractivity contribution in [2.24, 2.45) is 0 Å². The van der Waals surface area contributed by atoms with Crippen LogP contribution in [0.2, 0.25) is 10.0 Å². The summed E-state index contributed by atoms with van der Waals surface area (Å²) in [5.74, 6) is -1.28. The highest BCUT2D eigenvalue weighted by Gasteiger charge is 1.97. The van der Waals surface area contributed by atoms with Crippen LogP contribution < -0.4 is 10.8 Å². The molecule has 0 fully saturated rings. The number of benzene rings is 1. The molecule has 0 aliphatic rings. The summed E-state index contributed by atoms with van der Waals surface area (Å²) in [4.78, 5) is 10.3. The van der Waals surface area contributed by atoms with Crippen molar-refractivity contribution in [3.63, 3.8) is 0 Å². The van der Waals surface area contributed by atoms with Crippen LogP contribution in [0.5, 0.6) is 0 Å². The highest BCUT2D eigenvalue weighted by Crippen LogP contribution is 2.18. The maximum absolute atomic E-state index is 10.3. The Kier molecular flexibility index (Phi) is 6.32. The van der Waals surface area contributed by atoms with Crippen LogP contribution in [0.4, 0.5) is 0 Å². The second-order valence-electron chi connectivity index (χ2n) is 3.34. The molecule has 3 N–H and O–H groups in total. The van der Waals surface area contributed by atoms with Crippen LogP contribution in [0, 0.1) is 0 Å². The van der Waals surface area contributed by atoms with E-state index in [1.165, 1.54) is 18.2 Å². The maximum Gasteiger partial charge on any atom is 0.0786 e. The van der Waals surface area contributed by atoms with Crippen molar-refractivity contribution in [2.75, 3.05) is 0 Å². The lowest BCUT2D eigenvalue weighted by molar-refractivity contribution is -0.407. The number of halogens is 2. The molecule has 0 heterocycles. The first-order chi connectivity index (χ1) is 6.82. The van der Waals surface area contributed by atoms with Gasteiger partial charge < -0.3 is 15.6 Å². The molecule has 0 aliphatic carbocycles. The summed E-state index contributed by atoms with van der Waals surface area (Å²) in [5, 5.41) is 10.9. The van der Waals surface area contributed by atoms with Gasteiger partial charge in [-0.3, -0.25) is 0 Å². The van der Waals surface area contributed by atoms with Crippen LogP contribution in [0.1, 0.15) is 24.2 Å². The van der Waals surface area contributed by atoms with Gasteiger partial charge in [0.1, 0.15) is 0 Å². The van der Waals surface area contributed by atoms with E-state index in [0.717, 1.165) is 0 Å². The number of hydrogen-bond acceptors (Lipinski definition) is 2. The van der Waals surface area contributed by atoms with Crippen LogP contribution in [-0.4, -0.2) is 12.0 Å². The zero-order chi connectivity index (χ0) is 12.0. The van der Waals surface area contributed by atoms with Crippen LogP contribution >= 0.6 is 23.2 Å². The van der Waals surface area contributed by atoms with E-state index in [1.807, 2.05) is 0 Å². The molecule has 0 atom stereocenters. The van der Waals surface area contributed by atoms with Gasteiger partial charge in [-0.2, -0.15) is 0 Å². The minimum absolute atomic E-state index is 0.0116. The molecule has 0 unspecified atom stereocenters. The molecule has 1 aromatic rings. The van der Waals surface area contributed by atoms with Crippen molar-refractivity contribution in [2.45, 2.75) is 19.9 Å². The highest BCUT2D eigenvalue weighted by molar-refractivity contribution is 6.35. The lowest BCUT2D eigenvalue weighted by atomic mass is 10.2. The minimum Gasteiger partial charge on any atom is -0.545 e. The van der Waals surface area contributed by atoms with Gasteiger partial charge in [0, 0.05) is 15.6 Å². The predicted molar refractivity (Wildman–Crippen MR) is 58.8 cm³/mol. The van der Waals surface area contributed by atoms with Gasteiger partial charge in [-0.05, 0) is 32.0 Å². The van der Waals surface area contributed by atoms with Gasteiger partial charge in [0.25, 0.3) is 0 Å². The smallest absolute Gasteiger partial charge is 0.0786 e. The van der Waals surface area contributed by atoms with E-state index >= 15 is 0 Å². The van der Waals surface area contributed by atoms with E-state index < -0.39 is 5.97 Å². The summed E-state index contributed by atoms with van der Waals surface area (Å²) in [7, 11) is 0. The molecule has 0 saturated heterocycles. The Bertz CT molecular complexity index is 317. The summed E-state index contributed by atoms with van der Waals surface area (Å²) in [6.07, 6.45) is 0. The zero-order valence-corrected chi connectivity index (χ0v) is 10.1. The summed E-state index contributed by atoms with van der Waals surface area (Å²) in [6, 6.07) is 4.60. The van der Waals surface area contributed by atoms with E-state index in [0.29, 0.717) is 6.04 Å². The minimum atomic E-state index is -1.28. The maximum atomic E-state index is 10.3. The summed E-state index contributed by atoms with van der Waals surface area (Å²) in [5.41, 5.74) is 3.63. The van der Waals surface area contributed by atoms with Crippen LogP contribution in [-0.2, 0) is 0 Å². The number of carboxylic acid groups (broad SMARTS) is 1. The lowest BCUT2D eigenvalue weighted by Crippen LogP contribution is -2.57. The van der Waals surface area contributed by atoms with Crippen molar-refractivity contribution in [3.05, 3.63) is 33.8 Å². The van der Waals surface area contributed by atoms with Crippen molar-refractivity contribution >= 4 is 29.2 Å².